The molecule has 4 nitrogen and oxygen atoms in total. The van der Waals surface area contributed by atoms with E-state index >= 15 is 0 Å². The van der Waals surface area contributed by atoms with E-state index in [1.165, 1.54) is 27.7 Å². The minimum Gasteiger partial charge on any atom is -0.396 e. The molecule has 4 rings (SSSR count). The number of piperidine rings is 1. The molecule has 0 amide bonds. The van der Waals surface area contributed by atoms with Crippen molar-refractivity contribution in [2.24, 2.45) is 5.92 Å². The van der Waals surface area contributed by atoms with Crippen LogP contribution in [0.5, 0.6) is 0 Å². The lowest BCUT2D eigenvalue weighted by molar-refractivity contribution is 0.127. The summed E-state index contributed by atoms with van der Waals surface area (Å²) in [5.41, 5.74) is 5.05. The van der Waals surface area contributed by atoms with Crippen LogP contribution in [0.4, 0.5) is 5.69 Å². The van der Waals surface area contributed by atoms with Crippen molar-refractivity contribution in [2.45, 2.75) is 25.9 Å². The van der Waals surface area contributed by atoms with Gasteiger partial charge in [-0.05, 0) is 61.2 Å². The van der Waals surface area contributed by atoms with Crippen LogP contribution in [0.3, 0.4) is 0 Å². The Labute approximate surface area is 154 Å². The Morgan fingerprint density at radius 1 is 1.00 bits per heavy atom. The highest BCUT2D eigenvalue weighted by atomic mass is 16.3. The smallest absolute Gasteiger partial charge is 0.0460 e. The quantitative estimate of drug-likeness (QED) is 0.631. The van der Waals surface area contributed by atoms with Crippen molar-refractivity contribution in [1.82, 2.24) is 9.88 Å². The molecule has 1 fully saturated rings. The highest BCUT2D eigenvalue weighted by molar-refractivity contribution is 5.83. The summed E-state index contributed by atoms with van der Waals surface area (Å²) in [5.74, 6) is 0.487. The Morgan fingerprint density at radius 3 is 2.65 bits per heavy atom. The maximum absolute atomic E-state index is 9.32. The lowest BCUT2D eigenvalue weighted by Crippen LogP contribution is -2.34. The molecular weight excluding hydrogens is 322 g/mol. The normalized spacial score (nSPS) is 16.2. The number of aromatic amines is 1. The molecule has 26 heavy (non-hydrogen) atoms. The van der Waals surface area contributed by atoms with Gasteiger partial charge < -0.3 is 15.4 Å². The van der Waals surface area contributed by atoms with E-state index in [-0.39, 0.29) is 0 Å². The second kappa shape index (κ2) is 7.94. The first-order valence-corrected chi connectivity index (χ1v) is 9.53. The second-order valence-electron chi connectivity index (χ2n) is 7.27. The first-order chi connectivity index (χ1) is 12.8. The molecule has 0 spiro atoms. The molecule has 1 aliphatic heterocycles. The van der Waals surface area contributed by atoms with Gasteiger partial charge in [-0.15, -0.1) is 0 Å². The second-order valence-corrected chi connectivity index (χ2v) is 7.27. The first kappa shape index (κ1) is 17.1. The predicted octanol–water partition coefficient (Wildman–Crippen LogP) is 3.98. The Hall–Kier alpha value is -2.30. The third-order valence-corrected chi connectivity index (χ3v) is 5.53. The summed E-state index contributed by atoms with van der Waals surface area (Å²) >= 11 is 0. The van der Waals surface area contributed by atoms with E-state index in [1.54, 1.807) is 0 Å². The Morgan fingerprint density at radius 2 is 1.81 bits per heavy atom. The van der Waals surface area contributed by atoms with Crippen molar-refractivity contribution in [3.05, 3.63) is 65.9 Å². The molecule has 0 atom stereocenters. The third-order valence-electron chi connectivity index (χ3n) is 5.53. The molecule has 0 aliphatic carbocycles. The molecule has 2 aromatic carbocycles. The van der Waals surface area contributed by atoms with E-state index < -0.39 is 0 Å². The lowest BCUT2D eigenvalue weighted by Gasteiger charge is -2.31. The minimum atomic E-state index is 0.330. The van der Waals surface area contributed by atoms with Crippen molar-refractivity contribution in [2.75, 3.05) is 25.0 Å². The number of rotatable bonds is 6. The van der Waals surface area contributed by atoms with Crippen LogP contribution in [0, 0.1) is 5.92 Å². The van der Waals surface area contributed by atoms with Crippen LogP contribution in [0.1, 0.15) is 24.0 Å². The number of anilines is 1. The molecule has 2 heterocycles. The average molecular weight is 349 g/mol. The van der Waals surface area contributed by atoms with Gasteiger partial charge in [-0.1, -0.05) is 30.3 Å². The van der Waals surface area contributed by atoms with Gasteiger partial charge in [0.25, 0.3) is 0 Å². The number of aromatic nitrogens is 1. The number of likely N-dealkylation sites (tertiary alicyclic amines) is 1. The molecule has 3 aromatic rings. The zero-order valence-electron chi connectivity index (χ0n) is 15.1. The van der Waals surface area contributed by atoms with Crippen LogP contribution >= 0.6 is 0 Å². The van der Waals surface area contributed by atoms with E-state index in [1.807, 2.05) is 6.20 Å². The number of fused-ring (bicyclic) bond motifs is 1. The monoisotopic (exact) mass is 349 g/mol. The van der Waals surface area contributed by atoms with Crippen molar-refractivity contribution < 1.29 is 5.11 Å². The van der Waals surface area contributed by atoms with Gasteiger partial charge in [0.1, 0.15) is 0 Å². The number of benzene rings is 2. The number of aliphatic hydroxyl groups excluding tert-OH is 1. The van der Waals surface area contributed by atoms with Crippen molar-refractivity contribution in [1.29, 1.82) is 0 Å². The SMILES string of the molecule is OCC1CCN(Cc2ccccc2NCc2cccc3[nH]ccc23)CC1. The van der Waals surface area contributed by atoms with Crippen LogP contribution in [-0.4, -0.2) is 34.7 Å². The van der Waals surface area contributed by atoms with Crippen LogP contribution in [0.2, 0.25) is 0 Å². The lowest BCUT2D eigenvalue weighted by atomic mass is 9.97. The van der Waals surface area contributed by atoms with Gasteiger partial charge in [0.15, 0.2) is 0 Å². The van der Waals surface area contributed by atoms with E-state index in [2.05, 4.69) is 63.7 Å². The van der Waals surface area contributed by atoms with Crippen LogP contribution < -0.4 is 5.32 Å². The molecule has 0 unspecified atom stereocenters. The summed E-state index contributed by atoms with van der Waals surface area (Å²) in [7, 11) is 0. The van der Waals surface area contributed by atoms with Crippen molar-refractivity contribution in [3.63, 3.8) is 0 Å². The van der Waals surface area contributed by atoms with Crippen molar-refractivity contribution in [3.8, 4) is 0 Å². The van der Waals surface area contributed by atoms with Crippen LogP contribution in [0.25, 0.3) is 10.9 Å². The van der Waals surface area contributed by atoms with Gasteiger partial charge in [0, 0.05) is 42.5 Å². The molecule has 0 radical (unpaired) electrons. The molecule has 0 saturated carbocycles. The number of aliphatic hydroxyl groups is 1. The number of hydrogen-bond donors (Lipinski definition) is 3. The molecule has 0 bridgehead atoms. The molecule has 1 aromatic heterocycles. The number of H-pyrrole nitrogens is 1. The number of nitrogens with zero attached hydrogens (tertiary/aromatic N) is 1. The van der Waals surface area contributed by atoms with E-state index in [0.29, 0.717) is 12.5 Å². The van der Waals surface area contributed by atoms with Gasteiger partial charge in [0.2, 0.25) is 0 Å². The molecule has 1 saturated heterocycles. The highest BCUT2D eigenvalue weighted by Crippen LogP contribution is 2.24. The summed E-state index contributed by atoms with van der Waals surface area (Å²) in [5, 5.41) is 14.2. The van der Waals surface area contributed by atoms with Gasteiger partial charge >= 0.3 is 0 Å². The fraction of sp³-hybridized carbons (Fsp3) is 0.364. The molecule has 136 valence electrons. The van der Waals surface area contributed by atoms with Crippen LogP contribution in [0.15, 0.2) is 54.7 Å². The highest BCUT2D eigenvalue weighted by Gasteiger charge is 2.19. The van der Waals surface area contributed by atoms with Gasteiger partial charge in [-0.2, -0.15) is 0 Å². The summed E-state index contributed by atoms with van der Waals surface area (Å²) < 4.78 is 0. The van der Waals surface area contributed by atoms with E-state index in [9.17, 15) is 5.11 Å². The Kier molecular flexibility index (Phi) is 5.23. The fourth-order valence-electron chi connectivity index (χ4n) is 3.89. The summed E-state index contributed by atoms with van der Waals surface area (Å²) in [6.07, 6.45) is 4.20. The summed E-state index contributed by atoms with van der Waals surface area (Å²) in [6.45, 7) is 4.26. The topological polar surface area (TPSA) is 51.3 Å². The fourth-order valence-corrected chi connectivity index (χ4v) is 3.89. The summed E-state index contributed by atoms with van der Waals surface area (Å²) in [6, 6.07) is 17.2. The predicted molar refractivity (Wildman–Crippen MR) is 107 cm³/mol. The van der Waals surface area contributed by atoms with E-state index in [4.69, 9.17) is 0 Å². The molecule has 1 aliphatic rings. The Balaban J connectivity index is 1.44. The molecule has 4 heteroatoms. The zero-order valence-corrected chi connectivity index (χ0v) is 15.1. The van der Waals surface area contributed by atoms with Gasteiger partial charge in [0.05, 0.1) is 0 Å². The molecule has 3 N–H and O–H groups in total. The summed E-state index contributed by atoms with van der Waals surface area (Å²) in [4.78, 5) is 5.78. The van der Waals surface area contributed by atoms with Crippen molar-refractivity contribution >= 4 is 16.6 Å². The Bertz CT molecular complexity index is 849. The van der Waals surface area contributed by atoms with Gasteiger partial charge in [-0.25, -0.2) is 0 Å². The average Bonchev–Trinajstić information content (AvgIpc) is 3.17. The first-order valence-electron chi connectivity index (χ1n) is 9.53. The third kappa shape index (κ3) is 3.76. The number of hydrogen-bond acceptors (Lipinski definition) is 3. The minimum absolute atomic E-state index is 0.330. The standard InChI is InChI=1S/C22H27N3O/c26-16-17-9-12-25(13-10-17)15-19-4-1-2-6-21(19)24-14-18-5-3-7-22-20(18)8-11-23-22/h1-8,11,17,23-24,26H,9-10,12-16H2. The molecular formula is C22H27N3O. The van der Waals surface area contributed by atoms with Crippen LogP contribution in [-0.2, 0) is 13.1 Å². The number of nitrogens with one attached hydrogen (secondary N) is 2. The zero-order chi connectivity index (χ0) is 17.8. The number of para-hydroxylation sites is 1. The van der Waals surface area contributed by atoms with E-state index in [0.717, 1.165) is 39.0 Å². The maximum atomic E-state index is 9.32. The van der Waals surface area contributed by atoms with Gasteiger partial charge in [-0.3, -0.25) is 4.90 Å². The maximum Gasteiger partial charge on any atom is 0.0460 e. The largest absolute Gasteiger partial charge is 0.396 e.